The Morgan fingerprint density at radius 1 is 0.714 bits per heavy atom. The number of hydrogen-bond acceptors (Lipinski definition) is 9. The summed E-state index contributed by atoms with van der Waals surface area (Å²) < 4.78 is 0. The van der Waals surface area contributed by atoms with Gasteiger partial charge in [0.15, 0.2) is 0 Å². The second-order valence-corrected chi connectivity index (χ2v) is 7.96. The van der Waals surface area contributed by atoms with E-state index in [0.29, 0.717) is 13.1 Å². The topological polar surface area (TPSA) is 244 Å². The fourth-order valence-electron chi connectivity index (χ4n) is 2.76. The first-order valence-corrected chi connectivity index (χ1v) is 11.2. The van der Waals surface area contributed by atoms with E-state index in [1.165, 1.54) is 27.7 Å². The fourth-order valence-corrected chi connectivity index (χ4v) is 2.76. The minimum Gasteiger partial charge on any atom is -0.368 e. The molecule has 4 atom stereocenters. The number of nitrogens with two attached hydrogens (primary N) is 3. The van der Waals surface area contributed by atoms with Crippen LogP contribution in [0, 0.1) is 0 Å². The van der Waals surface area contributed by atoms with Gasteiger partial charge in [0.25, 0.3) is 0 Å². The highest BCUT2D eigenvalue weighted by Crippen LogP contribution is 1.97. The Labute approximate surface area is 204 Å². The van der Waals surface area contributed by atoms with Crippen LogP contribution in [-0.4, -0.2) is 104 Å². The van der Waals surface area contributed by atoms with Crippen LogP contribution in [0.3, 0.4) is 0 Å². The van der Waals surface area contributed by atoms with Crippen LogP contribution in [0.25, 0.3) is 0 Å². The third-order valence-corrected chi connectivity index (χ3v) is 4.67. The van der Waals surface area contributed by atoms with Crippen molar-refractivity contribution in [1.29, 1.82) is 0 Å². The second kappa shape index (κ2) is 16.3. The van der Waals surface area contributed by atoms with Gasteiger partial charge in [0.2, 0.25) is 35.4 Å². The smallest absolute Gasteiger partial charge is 0.245 e. The van der Waals surface area contributed by atoms with Crippen molar-refractivity contribution in [3.63, 3.8) is 0 Å². The Hall–Kier alpha value is -3.30. The Bertz CT molecular complexity index is 763. The molecule has 200 valence electrons. The van der Waals surface area contributed by atoms with Crippen molar-refractivity contribution >= 4 is 35.4 Å². The van der Waals surface area contributed by atoms with Gasteiger partial charge in [0.1, 0.15) is 24.2 Å². The molecule has 0 saturated heterocycles. The van der Waals surface area contributed by atoms with Crippen LogP contribution in [-0.2, 0) is 28.8 Å². The van der Waals surface area contributed by atoms with Crippen LogP contribution in [0.2, 0.25) is 0 Å². The summed E-state index contributed by atoms with van der Waals surface area (Å²) >= 11 is 0. The first-order chi connectivity index (χ1) is 16.3. The second-order valence-electron chi connectivity index (χ2n) is 7.96. The van der Waals surface area contributed by atoms with Crippen molar-refractivity contribution in [3.8, 4) is 0 Å². The van der Waals surface area contributed by atoms with E-state index in [4.69, 9.17) is 17.2 Å². The van der Waals surface area contributed by atoms with Crippen molar-refractivity contribution in [1.82, 2.24) is 31.5 Å². The van der Waals surface area contributed by atoms with E-state index in [2.05, 4.69) is 26.6 Å². The van der Waals surface area contributed by atoms with Crippen LogP contribution in [0.1, 0.15) is 27.7 Å². The zero-order valence-electron chi connectivity index (χ0n) is 20.7. The molecule has 0 radical (unpaired) electrons. The van der Waals surface area contributed by atoms with Crippen molar-refractivity contribution in [2.24, 2.45) is 17.2 Å². The van der Waals surface area contributed by atoms with Crippen molar-refractivity contribution in [2.75, 3.05) is 39.3 Å². The average Bonchev–Trinajstić information content (AvgIpc) is 2.77. The van der Waals surface area contributed by atoms with Gasteiger partial charge in [-0.15, -0.1) is 0 Å². The van der Waals surface area contributed by atoms with Gasteiger partial charge in [0.05, 0.1) is 13.1 Å². The van der Waals surface area contributed by atoms with Crippen molar-refractivity contribution in [3.05, 3.63) is 0 Å². The number of nitrogens with zero attached hydrogens (tertiary/aromatic N) is 1. The van der Waals surface area contributed by atoms with E-state index in [1.54, 1.807) is 0 Å². The molecule has 0 aromatic rings. The zero-order chi connectivity index (χ0) is 27.1. The van der Waals surface area contributed by atoms with Gasteiger partial charge < -0.3 is 48.7 Å². The highest BCUT2D eigenvalue weighted by Gasteiger charge is 2.27. The molecule has 0 rings (SSSR count). The molecule has 0 aliphatic rings. The standard InChI is InChI=1S/C20H39N9O6/c1-11(25-16(31)9-24-7-5-21)17(32)26-12(2)18(33)27-13(3)19(34)28-14(4)20(35)29(8-6-22)10-15(23)30/h11-14,24H,5-10,21-22H2,1-4H3,(H2,23,30)(H,25,31)(H,26,32)(H,27,33)(H,28,34)/t11-,12-,13-,14-/m1/s1. The molecule has 0 fully saturated rings. The van der Waals surface area contributed by atoms with Crippen LogP contribution >= 0.6 is 0 Å². The maximum Gasteiger partial charge on any atom is 0.245 e. The predicted molar refractivity (Wildman–Crippen MR) is 127 cm³/mol. The Kier molecular flexibility index (Phi) is 14.8. The van der Waals surface area contributed by atoms with E-state index >= 15 is 0 Å². The normalized spacial score (nSPS) is 14.0. The molecule has 0 unspecified atom stereocenters. The molecule has 0 heterocycles. The molecule has 15 heteroatoms. The Morgan fingerprint density at radius 2 is 1.17 bits per heavy atom. The summed E-state index contributed by atoms with van der Waals surface area (Å²) in [4.78, 5) is 73.6. The minimum absolute atomic E-state index is 0.00900. The summed E-state index contributed by atoms with van der Waals surface area (Å²) in [7, 11) is 0. The molecule has 0 spiro atoms. The molecule has 15 nitrogen and oxygen atoms in total. The van der Waals surface area contributed by atoms with Crippen LogP contribution in [0.15, 0.2) is 0 Å². The molecule has 35 heavy (non-hydrogen) atoms. The largest absolute Gasteiger partial charge is 0.368 e. The van der Waals surface area contributed by atoms with Gasteiger partial charge in [-0.05, 0) is 27.7 Å². The van der Waals surface area contributed by atoms with Crippen molar-refractivity contribution < 1.29 is 28.8 Å². The van der Waals surface area contributed by atoms with Gasteiger partial charge >= 0.3 is 0 Å². The molecule has 11 N–H and O–H groups in total. The number of amides is 6. The maximum atomic E-state index is 12.5. The number of carbonyl (C=O) groups is 6. The number of rotatable bonds is 16. The first kappa shape index (κ1) is 31.7. The fraction of sp³-hybridized carbons (Fsp3) is 0.700. The van der Waals surface area contributed by atoms with Gasteiger partial charge in [-0.25, -0.2) is 0 Å². The molecule has 0 bridgehead atoms. The summed E-state index contributed by atoms with van der Waals surface area (Å²) in [5.41, 5.74) is 15.9. The van der Waals surface area contributed by atoms with E-state index in [-0.39, 0.29) is 26.2 Å². The average molecular weight is 502 g/mol. The molecule has 0 aromatic heterocycles. The number of hydrogen-bond donors (Lipinski definition) is 8. The van der Waals surface area contributed by atoms with Gasteiger partial charge in [0, 0.05) is 26.2 Å². The quantitative estimate of drug-likeness (QED) is 0.0941. The third-order valence-electron chi connectivity index (χ3n) is 4.67. The molecule has 6 amide bonds. The van der Waals surface area contributed by atoms with E-state index in [1.807, 2.05) is 0 Å². The molecule has 0 aromatic carbocycles. The van der Waals surface area contributed by atoms with E-state index in [9.17, 15) is 28.8 Å². The lowest BCUT2D eigenvalue weighted by Gasteiger charge is -2.26. The predicted octanol–water partition coefficient (Wildman–Crippen LogP) is -5.17. The zero-order valence-corrected chi connectivity index (χ0v) is 20.7. The van der Waals surface area contributed by atoms with Gasteiger partial charge in [-0.2, -0.15) is 0 Å². The number of carbonyl (C=O) groups excluding carboxylic acids is 6. The Balaban J connectivity index is 4.71. The van der Waals surface area contributed by atoms with Gasteiger partial charge in [-0.3, -0.25) is 28.8 Å². The van der Waals surface area contributed by atoms with E-state index < -0.39 is 59.6 Å². The minimum atomic E-state index is -1.04. The van der Waals surface area contributed by atoms with Crippen molar-refractivity contribution in [2.45, 2.75) is 51.9 Å². The van der Waals surface area contributed by atoms with Gasteiger partial charge in [-0.1, -0.05) is 0 Å². The summed E-state index contributed by atoms with van der Waals surface area (Å²) in [6.45, 7) is 6.33. The number of nitrogens with one attached hydrogen (secondary N) is 5. The highest BCUT2D eigenvalue weighted by molar-refractivity contribution is 5.95. The summed E-state index contributed by atoms with van der Waals surface area (Å²) in [6, 6.07) is -3.96. The van der Waals surface area contributed by atoms with E-state index in [0.717, 1.165) is 4.90 Å². The van der Waals surface area contributed by atoms with Crippen LogP contribution in [0.4, 0.5) is 0 Å². The molecular weight excluding hydrogens is 462 g/mol. The number of primary amides is 1. The summed E-state index contributed by atoms with van der Waals surface area (Å²) in [5, 5.41) is 12.6. The molecular formula is C20H39N9O6. The third kappa shape index (κ3) is 12.7. The Morgan fingerprint density at radius 3 is 1.60 bits per heavy atom. The lowest BCUT2D eigenvalue weighted by molar-refractivity contribution is -0.139. The molecule has 0 aliphatic heterocycles. The summed E-state index contributed by atoms with van der Waals surface area (Å²) in [5.74, 6) is -3.59. The molecule has 0 aliphatic carbocycles. The molecule has 0 saturated carbocycles. The lowest BCUT2D eigenvalue weighted by Crippen LogP contribution is -2.57. The van der Waals surface area contributed by atoms with Crippen LogP contribution < -0.4 is 43.8 Å². The SMILES string of the molecule is C[C@@H](NC(=O)CNCCN)C(=O)N[C@H](C)C(=O)N[C@H](C)C(=O)N[C@H](C)C(=O)N(CCN)CC(N)=O. The highest BCUT2D eigenvalue weighted by atomic mass is 16.2. The lowest BCUT2D eigenvalue weighted by atomic mass is 10.2. The monoisotopic (exact) mass is 501 g/mol. The first-order valence-electron chi connectivity index (χ1n) is 11.2. The summed E-state index contributed by atoms with van der Waals surface area (Å²) in [6.07, 6.45) is 0. The van der Waals surface area contributed by atoms with Crippen LogP contribution in [0.5, 0.6) is 0 Å². The maximum absolute atomic E-state index is 12.5.